The van der Waals surface area contributed by atoms with Crippen molar-refractivity contribution < 1.29 is 0 Å². The monoisotopic (exact) mass is 270 g/mol. The van der Waals surface area contributed by atoms with Gasteiger partial charge in [0.1, 0.15) is 5.82 Å². The molecule has 4 rings (SSSR count). The van der Waals surface area contributed by atoms with Gasteiger partial charge in [-0.1, -0.05) is 12.1 Å². The molecular weight excluding hydrogens is 248 g/mol. The van der Waals surface area contributed by atoms with Crippen molar-refractivity contribution >= 4 is 11.0 Å². The number of hydrogen-bond acceptors (Lipinski definition) is 3. The lowest BCUT2D eigenvalue weighted by Crippen LogP contribution is -2.42. The molecule has 4 nitrogen and oxygen atoms in total. The van der Waals surface area contributed by atoms with Crippen molar-refractivity contribution in [1.29, 1.82) is 0 Å². The smallest absolute Gasteiger partial charge is 0.111 e. The highest BCUT2D eigenvalue weighted by atomic mass is 15.2. The summed E-state index contributed by atoms with van der Waals surface area (Å²) in [6.07, 6.45) is 5.08. The van der Waals surface area contributed by atoms with Crippen molar-refractivity contribution in [2.45, 2.75) is 31.7 Å². The summed E-state index contributed by atoms with van der Waals surface area (Å²) in [5.41, 5.74) is 5.33. The SMILES string of the molecule is Cn1c(CC(NN)C2CC3CC3C2)nc2ccccc21. The van der Waals surface area contributed by atoms with Crippen LogP contribution in [-0.4, -0.2) is 15.6 Å². The molecule has 3 N–H and O–H groups in total. The number of aryl methyl sites for hydroxylation is 1. The molecule has 2 aliphatic carbocycles. The van der Waals surface area contributed by atoms with Crippen molar-refractivity contribution in [2.75, 3.05) is 0 Å². The number of nitrogens with two attached hydrogens (primary N) is 1. The zero-order chi connectivity index (χ0) is 13.7. The van der Waals surface area contributed by atoms with Crippen LogP contribution < -0.4 is 11.3 Å². The maximum Gasteiger partial charge on any atom is 0.111 e. The van der Waals surface area contributed by atoms with Gasteiger partial charge in [0.2, 0.25) is 0 Å². The topological polar surface area (TPSA) is 55.9 Å². The van der Waals surface area contributed by atoms with Crippen LogP contribution in [0.1, 0.15) is 25.1 Å². The number of benzene rings is 1. The molecule has 1 aromatic heterocycles. The predicted molar refractivity (Wildman–Crippen MR) is 79.9 cm³/mol. The molecule has 0 amide bonds. The minimum atomic E-state index is 0.360. The highest BCUT2D eigenvalue weighted by Gasteiger charge is 2.47. The Morgan fingerprint density at radius 3 is 2.75 bits per heavy atom. The molecule has 1 heterocycles. The van der Waals surface area contributed by atoms with Crippen molar-refractivity contribution in [3.8, 4) is 0 Å². The first-order valence-electron chi connectivity index (χ1n) is 7.62. The molecule has 2 fully saturated rings. The summed E-state index contributed by atoms with van der Waals surface area (Å²) in [5.74, 6) is 9.67. The standard InChI is InChI=1S/C16H22N4/c1-20-15-5-3-2-4-13(15)18-16(20)9-14(19-17)12-7-10-6-11(10)8-12/h2-5,10-12,14,19H,6-9,17H2,1H3. The molecule has 4 heteroatoms. The number of fused-ring (bicyclic) bond motifs is 2. The first-order chi connectivity index (χ1) is 9.76. The Morgan fingerprint density at radius 1 is 1.30 bits per heavy atom. The summed E-state index contributed by atoms with van der Waals surface area (Å²) in [4.78, 5) is 4.77. The van der Waals surface area contributed by atoms with E-state index in [1.165, 1.54) is 24.8 Å². The quantitative estimate of drug-likeness (QED) is 0.660. The molecule has 0 radical (unpaired) electrons. The Balaban J connectivity index is 1.57. The first kappa shape index (κ1) is 12.4. The second-order valence-corrected chi connectivity index (χ2v) is 6.54. The average Bonchev–Trinajstić information content (AvgIpc) is 2.95. The van der Waals surface area contributed by atoms with Crippen molar-refractivity contribution in [1.82, 2.24) is 15.0 Å². The number of nitrogens with one attached hydrogen (secondary N) is 1. The van der Waals surface area contributed by atoms with Crippen LogP contribution >= 0.6 is 0 Å². The fourth-order valence-electron chi connectivity index (χ4n) is 4.03. The van der Waals surface area contributed by atoms with Crippen LogP contribution in [0.25, 0.3) is 11.0 Å². The van der Waals surface area contributed by atoms with Gasteiger partial charge >= 0.3 is 0 Å². The van der Waals surface area contributed by atoms with E-state index in [0.29, 0.717) is 6.04 Å². The van der Waals surface area contributed by atoms with Crippen LogP contribution in [0, 0.1) is 17.8 Å². The molecule has 0 bridgehead atoms. The average molecular weight is 270 g/mol. The van der Waals surface area contributed by atoms with E-state index >= 15 is 0 Å². The molecular formula is C16H22N4. The van der Waals surface area contributed by atoms with Crippen molar-refractivity contribution in [3.05, 3.63) is 30.1 Å². The van der Waals surface area contributed by atoms with Gasteiger partial charge in [-0.05, 0) is 49.1 Å². The van der Waals surface area contributed by atoms with Crippen LogP contribution in [0.15, 0.2) is 24.3 Å². The second-order valence-electron chi connectivity index (χ2n) is 6.54. The Kier molecular flexibility index (Phi) is 2.82. The number of para-hydroxylation sites is 2. The van der Waals surface area contributed by atoms with E-state index in [-0.39, 0.29) is 0 Å². The maximum absolute atomic E-state index is 5.82. The van der Waals surface area contributed by atoms with Gasteiger partial charge in [0.25, 0.3) is 0 Å². The van der Waals surface area contributed by atoms with Gasteiger partial charge < -0.3 is 4.57 Å². The largest absolute Gasteiger partial charge is 0.331 e. The third-order valence-corrected chi connectivity index (χ3v) is 5.35. The number of imidazole rings is 1. The molecule has 3 unspecified atom stereocenters. The van der Waals surface area contributed by atoms with Crippen molar-refractivity contribution in [2.24, 2.45) is 30.6 Å². The van der Waals surface area contributed by atoms with Gasteiger partial charge in [0, 0.05) is 19.5 Å². The van der Waals surface area contributed by atoms with Crippen LogP contribution in [0.2, 0.25) is 0 Å². The number of hydrogen-bond donors (Lipinski definition) is 2. The van der Waals surface area contributed by atoms with Gasteiger partial charge in [-0.25, -0.2) is 4.98 Å². The molecule has 106 valence electrons. The van der Waals surface area contributed by atoms with Crippen LogP contribution in [0.3, 0.4) is 0 Å². The van der Waals surface area contributed by atoms with Gasteiger partial charge in [-0.2, -0.15) is 0 Å². The molecule has 2 saturated carbocycles. The molecule has 0 saturated heterocycles. The summed E-state index contributed by atoms with van der Waals surface area (Å²) >= 11 is 0. The second kappa shape index (κ2) is 4.57. The molecule has 2 aromatic rings. The summed E-state index contributed by atoms with van der Waals surface area (Å²) in [7, 11) is 2.10. The van der Waals surface area contributed by atoms with Gasteiger partial charge in [0.05, 0.1) is 11.0 Å². The van der Waals surface area contributed by atoms with E-state index < -0.39 is 0 Å². The minimum absolute atomic E-state index is 0.360. The maximum atomic E-state index is 5.82. The zero-order valence-electron chi connectivity index (χ0n) is 11.9. The van der Waals surface area contributed by atoms with Crippen LogP contribution in [0.5, 0.6) is 0 Å². The molecule has 0 spiro atoms. The van der Waals surface area contributed by atoms with Crippen molar-refractivity contribution in [3.63, 3.8) is 0 Å². The fourth-order valence-corrected chi connectivity index (χ4v) is 4.03. The Morgan fingerprint density at radius 2 is 2.05 bits per heavy atom. The Labute approximate surface area is 119 Å². The number of nitrogens with zero attached hydrogens (tertiary/aromatic N) is 2. The van der Waals surface area contributed by atoms with E-state index in [0.717, 1.165) is 35.5 Å². The lowest BCUT2D eigenvalue weighted by molar-refractivity contribution is 0.330. The predicted octanol–water partition coefficient (Wildman–Crippen LogP) is 1.99. The summed E-state index contributed by atoms with van der Waals surface area (Å²) in [5, 5.41) is 0. The normalized spacial score (nSPS) is 29.6. The highest BCUT2D eigenvalue weighted by Crippen LogP contribution is 2.55. The van der Waals surface area contributed by atoms with Gasteiger partial charge in [-0.3, -0.25) is 11.3 Å². The van der Waals surface area contributed by atoms with Crippen LogP contribution in [0.4, 0.5) is 0 Å². The first-order valence-corrected chi connectivity index (χ1v) is 7.62. The summed E-state index contributed by atoms with van der Waals surface area (Å²) < 4.78 is 2.20. The third kappa shape index (κ3) is 1.95. The third-order valence-electron chi connectivity index (χ3n) is 5.35. The molecule has 2 aliphatic rings. The minimum Gasteiger partial charge on any atom is -0.331 e. The zero-order valence-corrected chi connectivity index (χ0v) is 11.9. The van der Waals surface area contributed by atoms with Gasteiger partial charge in [0.15, 0.2) is 0 Å². The van der Waals surface area contributed by atoms with Crippen LogP contribution in [-0.2, 0) is 13.5 Å². The lowest BCUT2D eigenvalue weighted by Gasteiger charge is -2.23. The number of rotatable bonds is 4. The highest BCUT2D eigenvalue weighted by molar-refractivity contribution is 5.75. The van der Waals surface area contributed by atoms with E-state index in [1.54, 1.807) is 0 Å². The number of hydrazine groups is 1. The van der Waals surface area contributed by atoms with E-state index in [9.17, 15) is 0 Å². The summed E-state index contributed by atoms with van der Waals surface area (Å²) in [6, 6.07) is 8.67. The summed E-state index contributed by atoms with van der Waals surface area (Å²) in [6.45, 7) is 0. The number of aromatic nitrogens is 2. The molecule has 3 atom stereocenters. The van der Waals surface area contributed by atoms with E-state index in [4.69, 9.17) is 10.8 Å². The molecule has 0 aliphatic heterocycles. The Hall–Kier alpha value is -1.39. The lowest BCUT2D eigenvalue weighted by atomic mass is 9.92. The Bertz CT molecular complexity index is 622. The van der Waals surface area contributed by atoms with Gasteiger partial charge in [-0.15, -0.1) is 0 Å². The molecule has 1 aromatic carbocycles. The van der Waals surface area contributed by atoms with E-state index in [2.05, 4.69) is 35.2 Å². The van der Waals surface area contributed by atoms with E-state index in [1.807, 2.05) is 6.07 Å². The fraction of sp³-hybridized carbons (Fsp3) is 0.562. The molecule has 20 heavy (non-hydrogen) atoms.